The monoisotopic (exact) mass is 154 g/mol. The molecule has 2 fully saturated rings. The molecule has 60 valence electrons. The van der Waals surface area contributed by atoms with Crippen molar-refractivity contribution in [3.05, 3.63) is 0 Å². The molecule has 0 bridgehead atoms. The topological polar surface area (TPSA) is 60.7 Å². The summed E-state index contributed by atoms with van der Waals surface area (Å²) in [6, 6.07) is 0. The summed E-state index contributed by atoms with van der Waals surface area (Å²) in [4.78, 5) is 0. The SMILES string of the molecule is [B]C1C(O)C(O)C2(CO)CC12. The van der Waals surface area contributed by atoms with Gasteiger partial charge in [-0.3, -0.25) is 0 Å². The van der Waals surface area contributed by atoms with Gasteiger partial charge in [-0.1, -0.05) is 0 Å². The summed E-state index contributed by atoms with van der Waals surface area (Å²) in [6.07, 6.45) is -0.920. The molecule has 2 radical (unpaired) electrons. The second-order valence-electron chi connectivity index (χ2n) is 3.71. The van der Waals surface area contributed by atoms with E-state index in [4.69, 9.17) is 13.0 Å². The molecule has 2 aliphatic rings. The van der Waals surface area contributed by atoms with E-state index in [2.05, 4.69) is 0 Å². The first kappa shape index (κ1) is 7.59. The van der Waals surface area contributed by atoms with E-state index < -0.39 is 17.6 Å². The van der Waals surface area contributed by atoms with Crippen molar-refractivity contribution >= 4 is 7.85 Å². The molecule has 0 aromatic carbocycles. The van der Waals surface area contributed by atoms with Crippen molar-refractivity contribution in [2.45, 2.75) is 24.4 Å². The molecule has 0 saturated heterocycles. The van der Waals surface area contributed by atoms with Crippen LogP contribution in [0.5, 0.6) is 0 Å². The Labute approximate surface area is 66.5 Å². The molecule has 11 heavy (non-hydrogen) atoms. The molecule has 3 nitrogen and oxygen atoms in total. The summed E-state index contributed by atoms with van der Waals surface area (Å²) in [7, 11) is 5.59. The minimum absolute atomic E-state index is 0.0659. The maximum atomic E-state index is 9.44. The van der Waals surface area contributed by atoms with Crippen LogP contribution in [0.3, 0.4) is 0 Å². The molecule has 3 N–H and O–H groups in total. The number of hydrogen-bond donors (Lipinski definition) is 3. The summed E-state index contributed by atoms with van der Waals surface area (Å²) in [5.41, 5.74) is -0.459. The Morgan fingerprint density at radius 1 is 1.45 bits per heavy atom. The highest BCUT2D eigenvalue weighted by Crippen LogP contribution is 2.67. The van der Waals surface area contributed by atoms with Crippen LogP contribution in [0.4, 0.5) is 0 Å². The average molecular weight is 154 g/mol. The largest absolute Gasteiger partial charge is 0.396 e. The van der Waals surface area contributed by atoms with Crippen LogP contribution in [0.25, 0.3) is 0 Å². The van der Waals surface area contributed by atoms with Gasteiger partial charge in [0, 0.05) is 5.41 Å². The van der Waals surface area contributed by atoms with Gasteiger partial charge in [0.1, 0.15) is 0 Å². The van der Waals surface area contributed by atoms with Crippen LogP contribution < -0.4 is 0 Å². The van der Waals surface area contributed by atoms with Gasteiger partial charge in [0.2, 0.25) is 0 Å². The fourth-order valence-corrected chi connectivity index (χ4v) is 2.27. The fourth-order valence-electron chi connectivity index (χ4n) is 2.27. The predicted molar refractivity (Wildman–Crippen MR) is 39.1 cm³/mol. The van der Waals surface area contributed by atoms with Crippen molar-refractivity contribution in [2.24, 2.45) is 11.3 Å². The van der Waals surface area contributed by atoms with Crippen molar-refractivity contribution in [1.29, 1.82) is 0 Å². The lowest BCUT2D eigenvalue weighted by Crippen LogP contribution is -2.33. The number of fused-ring (bicyclic) bond motifs is 1. The summed E-state index contributed by atoms with van der Waals surface area (Å²) >= 11 is 0. The van der Waals surface area contributed by atoms with Crippen molar-refractivity contribution in [2.75, 3.05) is 6.61 Å². The molecule has 2 rings (SSSR count). The van der Waals surface area contributed by atoms with E-state index in [0.717, 1.165) is 6.42 Å². The Kier molecular flexibility index (Phi) is 1.38. The third kappa shape index (κ3) is 0.700. The number of rotatable bonds is 1. The van der Waals surface area contributed by atoms with Gasteiger partial charge in [-0.25, -0.2) is 0 Å². The molecule has 4 heteroatoms. The number of hydrogen-bond acceptors (Lipinski definition) is 3. The van der Waals surface area contributed by atoms with E-state index in [9.17, 15) is 10.2 Å². The Balaban J connectivity index is 2.21. The summed E-state index contributed by atoms with van der Waals surface area (Å²) in [6.45, 7) is -0.0659. The number of aliphatic hydroxyl groups excluding tert-OH is 3. The predicted octanol–water partition coefficient (Wildman–Crippen LogP) is -1.32. The highest BCUT2D eigenvalue weighted by Gasteiger charge is 2.68. The third-order valence-electron chi connectivity index (χ3n) is 3.24. The van der Waals surface area contributed by atoms with Gasteiger partial charge >= 0.3 is 0 Å². The second-order valence-corrected chi connectivity index (χ2v) is 3.71. The second kappa shape index (κ2) is 2.00. The van der Waals surface area contributed by atoms with Gasteiger partial charge in [-0.2, -0.15) is 0 Å². The third-order valence-corrected chi connectivity index (χ3v) is 3.24. The van der Waals surface area contributed by atoms with E-state index in [1.807, 2.05) is 0 Å². The molecule has 0 heterocycles. The van der Waals surface area contributed by atoms with Crippen molar-refractivity contribution in [3.63, 3.8) is 0 Å². The van der Waals surface area contributed by atoms with E-state index in [-0.39, 0.29) is 18.3 Å². The van der Waals surface area contributed by atoms with Crippen molar-refractivity contribution in [3.8, 4) is 0 Å². The van der Waals surface area contributed by atoms with Gasteiger partial charge in [0.05, 0.1) is 26.7 Å². The molecule has 5 unspecified atom stereocenters. The molecular formula is C7H11BO3. The normalized spacial score (nSPS) is 61.0. The van der Waals surface area contributed by atoms with Crippen molar-refractivity contribution in [1.82, 2.24) is 0 Å². The van der Waals surface area contributed by atoms with Crippen LogP contribution in [0.2, 0.25) is 5.82 Å². The summed E-state index contributed by atoms with van der Waals surface area (Å²) in [5.74, 6) is -0.227. The lowest BCUT2D eigenvalue weighted by molar-refractivity contribution is -0.0181. The Bertz CT molecular complexity index is 185. The fraction of sp³-hybridized carbons (Fsp3) is 1.00. The minimum Gasteiger partial charge on any atom is -0.396 e. The summed E-state index contributed by atoms with van der Waals surface area (Å²) in [5, 5.41) is 27.7. The average Bonchev–Trinajstić information content (AvgIpc) is 2.71. The zero-order chi connectivity index (χ0) is 8.22. The first-order valence-electron chi connectivity index (χ1n) is 3.86. The minimum atomic E-state index is -0.846. The molecule has 0 aromatic heterocycles. The van der Waals surface area contributed by atoms with Gasteiger partial charge < -0.3 is 15.3 Å². The quantitative estimate of drug-likeness (QED) is 0.410. The van der Waals surface area contributed by atoms with Crippen LogP contribution in [0.15, 0.2) is 0 Å². The van der Waals surface area contributed by atoms with Crippen molar-refractivity contribution < 1.29 is 15.3 Å². The van der Waals surface area contributed by atoms with Crippen LogP contribution in [0.1, 0.15) is 6.42 Å². The molecule has 0 amide bonds. The maximum absolute atomic E-state index is 9.44. The van der Waals surface area contributed by atoms with Crippen LogP contribution >= 0.6 is 0 Å². The number of aliphatic hydroxyl groups is 3. The zero-order valence-electron chi connectivity index (χ0n) is 6.14. The van der Waals surface area contributed by atoms with Gasteiger partial charge in [-0.15, -0.1) is 0 Å². The molecule has 0 aliphatic heterocycles. The van der Waals surface area contributed by atoms with Crippen LogP contribution in [-0.4, -0.2) is 42.0 Å². The van der Waals surface area contributed by atoms with Gasteiger partial charge in [-0.05, 0) is 18.2 Å². The first-order valence-corrected chi connectivity index (χ1v) is 3.86. The Morgan fingerprint density at radius 3 is 2.36 bits per heavy atom. The highest BCUT2D eigenvalue weighted by molar-refractivity contribution is 6.13. The van der Waals surface area contributed by atoms with E-state index in [1.54, 1.807) is 0 Å². The Morgan fingerprint density at radius 2 is 2.09 bits per heavy atom. The lowest BCUT2D eigenvalue weighted by atomic mass is 9.81. The molecule has 0 aromatic rings. The molecule has 2 aliphatic carbocycles. The van der Waals surface area contributed by atoms with E-state index >= 15 is 0 Å². The summed E-state index contributed by atoms with van der Waals surface area (Å²) < 4.78 is 0. The van der Waals surface area contributed by atoms with Gasteiger partial charge in [0.25, 0.3) is 0 Å². The van der Waals surface area contributed by atoms with E-state index in [1.165, 1.54) is 0 Å². The Hall–Kier alpha value is -0.0551. The maximum Gasteiger partial charge on any atom is 0.0875 e. The molecular weight excluding hydrogens is 143 g/mol. The molecule has 2 saturated carbocycles. The zero-order valence-corrected chi connectivity index (χ0v) is 6.14. The standard InChI is InChI=1S/C7H11BO3/c8-4-3-1-7(3,2-9)6(11)5(4)10/h3-6,9-11H,1-2H2. The van der Waals surface area contributed by atoms with E-state index in [0.29, 0.717) is 0 Å². The highest BCUT2D eigenvalue weighted by atomic mass is 16.3. The first-order chi connectivity index (χ1) is 5.13. The van der Waals surface area contributed by atoms with Crippen LogP contribution in [0, 0.1) is 11.3 Å². The van der Waals surface area contributed by atoms with Crippen LogP contribution in [-0.2, 0) is 0 Å². The molecule has 5 atom stereocenters. The van der Waals surface area contributed by atoms with Gasteiger partial charge in [0.15, 0.2) is 0 Å². The smallest absolute Gasteiger partial charge is 0.0875 e. The molecule has 0 spiro atoms. The lowest BCUT2D eigenvalue weighted by Gasteiger charge is -2.20.